The Morgan fingerprint density at radius 3 is 2.07 bits per heavy atom. The molecule has 1 aliphatic rings. The minimum Gasteiger partial charge on any atom is -0.282 e. The van der Waals surface area contributed by atoms with E-state index in [4.69, 9.17) is 0 Å². The number of carbonyl (C=O) groups is 2. The molecule has 0 saturated heterocycles. The molecule has 0 amide bonds. The maximum Gasteiger partial charge on any atom is 0.334 e. The molecular weight excluding hydrogens is 276 g/mol. The number of nitro groups is 2. The second-order valence-corrected chi connectivity index (χ2v) is 3.19. The quantitative estimate of drug-likeness (QED) is 0.403. The summed E-state index contributed by atoms with van der Waals surface area (Å²) in [4.78, 5) is 40.7. The zero-order valence-corrected chi connectivity index (χ0v) is 8.39. The van der Waals surface area contributed by atoms with Gasteiger partial charge in [0.1, 0.15) is 0 Å². The van der Waals surface area contributed by atoms with Crippen LogP contribution in [0.25, 0.3) is 0 Å². The Morgan fingerprint density at radius 1 is 1.13 bits per heavy atom. The first-order valence-corrected chi connectivity index (χ1v) is 4.15. The van der Waals surface area contributed by atoms with E-state index >= 15 is 0 Å². The fourth-order valence-corrected chi connectivity index (χ4v) is 1.44. The van der Waals surface area contributed by atoms with Gasteiger partial charge in [-0.05, 0) is 15.9 Å². The molecule has 0 atom stereocenters. The minimum absolute atomic E-state index is 0.339. The minimum atomic E-state index is -1.19. The number of hydrogen-bond acceptors (Lipinski definition) is 6. The average Bonchev–Trinajstić information content (AvgIpc) is 2.10. The van der Waals surface area contributed by atoms with Crippen molar-refractivity contribution >= 4 is 27.5 Å². The van der Waals surface area contributed by atoms with Crippen molar-refractivity contribution in [2.45, 2.75) is 0 Å². The van der Waals surface area contributed by atoms with E-state index in [0.717, 1.165) is 0 Å². The Balaban J connectivity index is 3.32. The van der Waals surface area contributed by atoms with E-state index in [9.17, 15) is 29.8 Å². The average molecular weight is 277 g/mol. The van der Waals surface area contributed by atoms with Crippen LogP contribution < -0.4 is 0 Å². The standard InChI is InChI=1S/C6HBrN2O6/c7-4-5(9(14)15)3(10)1-2(6(4)11)8(12)13/h1H. The molecule has 0 unspecified atom stereocenters. The van der Waals surface area contributed by atoms with Gasteiger partial charge in [-0.25, -0.2) is 0 Å². The lowest BCUT2D eigenvalue weighted by Crippen LogP contribution is -2.24. The summed E-state index contributed by atoms with van der Waals surface area (Å²) in [6.07, 6.45) is 0.339. The number of nitrogens with zero attached hydrogens (tertiary/aromatic N) is 2. The lowest BCUT2D eigenvalue weighted by molar-refractivity contribution is -0.424. The Morgan fingerprint density at radius 2 is 1.67 bits per heavy atom. The van der Waals surface area contributed by atoms with Gasteiger partial charge in [0, 0.05) is 0 Å². The molecule has 0 aromatic carbocycles. The van der Waals surface area contributed by atoms with Crippen molar-refractivity contribution in [2.24, 2.45) is 0 Å². The van der Waals surface area contributed by atoms with Crippen molar-refractivity contribution < 1.29 is 19.4 Å². The van der Waals surface area contributed by atoms with Crippen LogP contribution in [-0.2, 0) is 9.59 Å². The van der Waals surface area contributed by atoms with Gasteiger partial charge in [0.05, 0.1) is 15.9 Å². The molecule has 0 N–H and O–H groups in total. The summed E-state index contributed by atoms with van der Waals surface area (Å²) in [5.74, 6) is -2.37. The maximum absolute atomic E-state index is 11.2. The van der Waals surface area contributed by atoms with Crippen LogP contribution in [0.4, 0.5) is 0 Å². The topological polar surface area (TPSA) is 120 Å². The van der Waals surface area contributed by atoms with Gasteiger partial charge in [0.15, 0.2) is 4.48 Å². The molecule has 1 rings (SSSR count). The van der Waals surface area contributed by atoms with Crippen molar-refractivity contribution in [3.63, 3.8) is 0 Å². The Labute approximate surface area is 89.7 Å². The van der Waals surface area contributed by atoms with Crippen LogP contribution in [0.1, 0.15) is 0 Å². The second-order valence-electron chi connectivity index (χ2n) is 2.40. The van der Waals surface area contributed by atoms with Gasteiger partial charge in [-0.3, -0.25) is 29.8 Å². The third-order valence-corrected chi connectivity index (χ3v) is 2.26. The van der Waals surface area contributed by atoms with Crippen molar-refractivity contribution in [1.82, 2.24) is 0 Å². The molecule has 15 heavy (non-hydrogen) atoms. The van der Waals surface area contributed by atoms with Crippen molar-refractivity contribution in [3.05, 3.63) is 42.2 Å². The first kappa shape index (κ1) is 11.2. The van der Waals surface area contributed by atoms with E-state index in [1.807, 2.05) is 0 Å². The number of allylic oxidation sites excluding steroid dienone is 2. The van der Waals surface area contributed by atoms with Crippen LogP contribution in [0.5, 0.6) is 0 Å². The molecule has 0 fully saturated rings. The van der Waals surface area contributed by atoms with Gasteiger partial charge >= 0.3 is 11.4 Å². The molecule has 0 aromatic heterocycles. The van der Waals surface area contributed by atoms with Crippen LogP contribution in [0.15, 0.2) is 22.0 Å². The van der Waals surface area contributed by atoms with Crippen LogP contribution in [0.2, 0.25) is 0 Å². The highest BCUT2D eigenvalue weighted by molar-refractivity contribution is 9.12. The van der Waals surface area contributed by atoms with E-state index in [-0.39, 0.29) is 0 Å². The number of halogens is 1. The zero-order chi connectivity index (χ0) is 11.7. The van der Waals surface area contributed by atoms with Crippen LogP contribution in [-0.4, -0.2) is 21.4 Å². The Hall–Kier alpha value is -1.90. The van der Waals surface area contributed by atoms with Gasteiger partial charge < -0.3 is 0 Å². The van der Waals surface area contributed by atoms with Gasteiger partial charge in [0.2, 0.25) is 0 Å². The Bertz CT molecular complexity index is 462. The molecular formula is C6HBrN2O6. The summed E-state index contributed by atoms with van der Waals surface area (Å²) in [5.41, 5.74) is -1.98. The van der Waals surface area contributed by atoms with Crippen LogP contribution in [0.3, 0.4) is 0 Å². The maximum atomic E-state index is 11.2. The fraction of sp³-hybridized carbons (Fsp3) is 0. The van der Waals surface area contributed by atoms with Crippen molar-refractivity contribution in [2.75, 3.05) is 0 Å². The molecule has 1 aliphatic carbocycles. The predicted molar refractivity (Wildman–Crippen MR) is 48.0 cm³/mol. The molecule has 0 aliphatic heterocycles. The lowest BCUT2D eigenvalue weighted by atomic mass is 10.1. The first-order chi connectivity index (χ1) is 6.86. The SMILES string of the molecule is O=C1C=C([N+](=O)[O-])C(=O)C(Br)=C1[N+](=O)[O-]. The van der Waals surface area contributed by atoms with Crippen LogP contribution >= 0.6 is 15.9 Å². The van der Waals surface area contributed by atoms with Gasteiger partial charge in [-0.2, -0.15) is 0 Å². The van der Waals surface area contributed by atoms with E-state index in [1.54, 1.807) is 0 Å². The van der Waals surface area contributed by atoms with Gasteiger partial charge in [-0.1, -0.05) is 0 Å². The lowest BCUT2D eigenvalue weighted by Gasteiger charge is -2.03. The summed E-state index contributed by atoms with van der Waals surface area (Å²) >= 11 is 2.49. The molecule has 0 bridgehead atoms. The molecule has 0 aromatic rings. The molecule has 0 heterocycles. The molecule has 0 saturated carbocycles. The van der Waals surface area contributed by atoms with E-state index in [1.165, 1.54) is 0 Å². The molecule has 78 valence electrons. The summed E-state index contributed by atoms with van der Waals surface area (Å²) in [6.45, 7) is 0. The summed E-state index contributed by atoms with van der Waals surface area (Å²) in [5, 5.41) is 20.6. The third-order valence-electron chi connectivity index (χ3n) is 1.52. The van der Waals surface area contributed by atoms with Gasteiger partial charge in [0.25, 0.3) is 11.6 Å². The monoisotopic (exact) mass is 276 g/mol. The highest BCUT2D eigenvalue weighted by Crippen LogP contribution is 2.24. The van der Waals surface area contributed by atoms with Crippen LogP contribution in [0, 0.1) is 20.2 Å². The third kappa shape index (κ3) is 1.81. The number of carbonyl (C=O) groups excluding carboxylic acids is 2. The molecule has 8 nitrogen and oxygen atoms in total. The highest BCUT2D eigenvalue weighted by atomic mass is 79.9. The van der Waals surface area contributed by atoms with E-state index in [2.05, 4.69) is 15.9 Å². The van der Waals surface area contributed by atoms with E-state index < -0.39 is 37.3 Å². The number of Topliss-reactive ketones (excluding diaryl/α,β-unsaturated/α-hetero) is 1. The summed E-state index contributed by atoms with van der Waals surface area (Å²) in [6, 6.07) is 0. The second kappa shape index (κ2) is 3.69. The largest absolute Gasteiger partial charge is 0.334 e. The number of ketones is 2. The normalized spacial score (nSPS) is 16.5. The van der Waals surface area contributed by atoms with Gasteiger partial charge in [-0.15, -0.1) is 0 Å². The first-order valence-electron chi connectivity index (χ1n) is 3.35. The smallest absolute Gasteiger partial charge is 0.282 e. The predicted octanol–water partition coefficient (Wildman–Crippen LogP) is 0.182. The summed E-state index contributed by atoms with van der Waals surface area (Å²) in [7, 11) is 0. The molecule has 0 radical (unpaired) electrons. The Kier molecular flexibility index (Phi) is 2.75. The highest BCUT2D eigenvalue weighted by Gasteiger charge is 2.40. The number of rotatable bonds is 2. The van der Waals surface area contributed by atoms with Crippen molar-refractivity contribution in [1.29, 1.82) is 0 Å². The van der Waals surface area contributed by atoms with E-state index in [0.29, 0.717) is 6.08 Å². The fourth-order valence-electron chi connectivity index (χ4n) is 0.892. The van der Waals surface area contributed by atoms with Crippen molar-refractivity contribution in [3.8, 4) is 0 Å². The molecule has 0 spiro atoms. The zero-order valence-electron chi connectivity index (χ0n) is 6.80. The summed E-state index contributed by atoms with van der Waals surface area (Å²) < 4.78 is -0.702. The molecule has 9 heteroatoms. The number of hydrogen-bond donors (Lipinski definition) is 0.